The fourth-order valence-electron chi connectivity index (χ4n) is 3.91. The molecule has 1 aliphatic heterocycles. The normalized spacial score (nSPS) is 29.0. The molecule has 0 bridgehead atoms. The summed E-state index contributed by atoms with van der Waals surface area (Å²) >= 11 is 0. The zero-order chi connectivity index (χ0) is 14.7. The number of hydrogen-bond donors (Lipinski definition) is 1. The maximum absolute atomic E-state index is 5.78. The van der Waals surface area contributed by atoms with Crippen LogP contribution in [-0.2, 0) is 0 Å². The Labute approximate surface area is 128 Å². The fourth-order valence-corrected chi connectivity index (χ4v) is 3.91. The Balaban J connectivity index is 1.60. The summed E-state index contributed by atoms with van der Waals surface area (Å²) in [5, 5.41) is 3.42. The molecule has 21 heavy (non-hydrogen) atoms. The number of nitrogens with one attached hydrogen (secondary N) is 1. The van der Waals surface area contributed by atoms with Gasteiger partial charge in [0.05, 0.1) is 6.61 Å². The van der Waals surface area contributed by atoms with E-state index in [1.54, 1.807) is 0 Å². The van der Waals surface area contributed by atoms with E-state index in [1.807, 2.05) is 0 Å². The molecule has 2 aliphatic rings. The number of rotatable bonds is 4. The average Bonchev–Trinajstić information content (AvgIpc) is 2.55. The van der Waals surface area contributed by atoms with Crippen molar-refractivity contribution < 1.29 is 4.74 Å². The number of para-hydroxylation sites is 1. The topological polar surface area (TPSA) is 24.5 Å². The second kappa shape index (κ2) is 6.80. The summed E-state index contributed by atoms with van der Waals surface area (Å²) in [6, 6.07) is 10.1. The Bertz CT molecular complexity index is 454. The fraction of sp³-hybridized carbons (Fsp3) is 0.667. The highest BCUT2D eigenvalue weighted by molar-refractivity contribution is 5.37. The van der Waals surface area contributed by atoms with Crippen molar-refractivity contribution in [1.29, 1.82) is 0 Å². The van der Waals surface area contributed by atoms with Crippen molar-refractivity contribution in [2.24, 2.45) is 0 Å². The van der Waals surface area contributed by atoms with Gasteiger partial charge in [0.15, 0.2) is 0 Å². The summed E-state index contributed by atoms with van der Waals surface area (Å²) in [6.45, 7) is 2.03. The number of hydrogen-bond acceptors (Lipinski definition) is 3. The quantitative estimate of drug-likeness (QED) is 0.922. The summed E-state index contributed by atoms with van der Waals surface area (Å²) in [7, 11) is 4.40. The van der Waals surface area contributed by atoms with Gasteiger partial charge in [-0.2, -0.15) is 0 Å². The second-order valence-electron chi connectivity index (χ2n) is 6.61. The van der Waals surface area contributed by atoms with Gasteiger partial charge in [-0.15, -0.1) is 0 Å². The molecular weight excluding hydrogens is 260 g/mol. The highest BCUT2D eigenvalue weighted by Gasteiger charge is 2.27. The van der Waals surface area contributed by atoms with E-state index in [0.29, 0.717) is 5.92 Å². The predicted molar refractivity (Wildman–Crippen MR) is 87.0 cm³/mol. The monoisotopic (exact) mass is 288 g/mol. The molecule has 1 aromatic carbocycles. The molecule has 0 aromatic heterocycles. The summed E-state index contributed by atoms with van der Waals surface area (Å²) in [5.41, 5.74) is 1.40. The van der Waals surface area contributed by atoms with Crippen molar-refractivity contribution >= 4 is 0 Å². The van der Waals surface area contributed by atoms with Crippen LogP contribution in [0.5, 0.6) is 5.75 Å². The van der Waals surface area contributed by atoms with Crippen LogP contribution in [0.1, 0.15) is 43.6 Å². The van der Waals surface area contributed by atoms with Gasteiger partial charge in [0.1, 0.15) is 5.75 Å². The van der Waals surface area contributed by atoms with E-state index in [2.05, 4.69) is 48.6 Å². The summed E-state index contributed by atoms with van der Waals surface area (Å²) in [6.07, 6.45) is 6.43. The lowest BCUT2D eigenvalue weighted by Crippen LogP contribution is -2.41. The molecule has 0 spiro atoms. The van der Waals surface area contributed by atoms with Gasteiger partial charge in [-0.25, -0.2) is 0 Å². The maximum Gasteiger partial charge on any atom is 0.122 e. The van der Waals surface area contributed by atoms with E-state index in [1.165, 1.54) is 31.2 Å². The molecule has 1 atom stereocenters. The molecule has 1 unspecified atom stereocenters. The maximum atomic E-state index is 5.78. The highest BCUT2D eigenvalue weighted by atomic mass is 16.5. The van der Waals surface area contributed by atoms with E-state index >= 15 is 0 Å². The van der Waals surface area contributed by atoms with Crippen molar-refractivity contribution in [1.82, 2.24) is 10.2 Å². The van der Waals surface area contributed by atoms with Gasteiger partial charge < -0.3 is 15.0 Å². The van der Waals surface area contributed by atoms with Crippen LogP contribution in [0.15, 0.2) is 24.3 Å². The molecule has 0 saturated heterocycles. The third kappa shape index (κ3) is 3.41. The van der Waals surface area contributed by atoms with Gasteiger partial charge in [0.2, 0.25) is 0 Å². The number of ether oxygens (including phenoxy) is 1. The highest BCUT2D eigenvalue weighted by Crippen LogP contribution is 2.34. The van der Waals surface area contributed by atoms with Crippen LogP contribution in [0.2, 0.25) is 0 Å². The summed E-state index contributed by atoms with van der Waals surface area (Å²) in [4.78, 5) is 2.60. The van der Waals surface area contributed by atoms with Crippen molar-refractivity contribution in [3.8, 4) is 5.75 Å². The van der Waals surface area contributed by atoms with Crippen LogP contribution in [-0.4, -0.2) is 44.2 Å². The first-order valence-electron chi connectivity index (χ1n) is 8.37. The molecule has 1 aromatic rings. The Hall–Kier alpha value is -1.06. The molecule has 1 aliphatic carbocycles. The number of nitrogens with zero attached hydrogens (tertiary/aromatic N) is 1. The standard InChI is InChI=1S/C18H28N2O/c1-19-15-7-9-16(10-8-15)20(2)13-14-11-12-21-18-6-4-3-5-17(14)18/h3-6,14-16,19H,7-13H2,1-2H3. The van der Waals surface area contributed by atoms with Crippen molar-refractivity contribution in [3.05, 3.63) is 29.8 Å². The van der Waals surface area contributed by atoms with Gasteiger partial charge in [0, 0.05) is 24.5 Å². The van der Waals surface area contributed by atoms with E-state index in [0.717, 1.165) is 37.4 Å². The Kier molecular flexibility index (Phi) is 4.81. The molecule has 0 amide bonds. The van der Waals surface area contributed by atoms with Crippen molar-refractivity contribution in [2.45, 2.75) is 50.1 Å². The number of benzene rings is 1. The molecule has 3 rings (SSSR count). The van der Waals surface area contributed by atoms with Crippen LogP contribution < -0.4 is 10.1 Å². The summed E-state index contributed by atoms with van der Waals surface area (Å²) < 4.78 is 5.78. The van der Waals surface area contributed by atoms with Crippen LogP contribution >= 0.6 is 0 Å². The zero-order valence-electron chi connectivity index (χ0n) is 13.3. The number of likely N-dealkylation sites (N-methyl/N-ethyl adjacent to an activating group) is 1. The minimum atomic E-state index is 0.627. The Morgan fingerprint density at radius 3 is 2.67 bits per heavy atom. The van der Waals surface area contributed by atoms with Crippen LogP contribution in [0, 0.1) is 0 Å². The van der Waals surface area contributed by atoms with Crippen LogP contribution in [0.3, 0.4) is 0 Å². The first kappa shape index (κ1) is 14.9. The number of fused-ring (bicyclic) bond motifs is 1. The smallest absolute Gasteiger partial charge is 0.122 e. The van der Waals surface area contributed by atoms with Gasteiger partial charge >= 0.3 is 0 Å². The molecule has 3 heteroatoms. The first-order chi connectivity index (χ1) is 10.3. The van der Waals surface area contributed by atoms with Gasteiger partial charge in [-0.1, -0.05) is 18.2 Å². The second-order valence-corrected chi connectivity index (χ2v) is 6.61. The Morgan fingerprint density at radius 2 is 1.90 bits per heavy atom. The minimum absolute atomic E-state index is 0.627. The lowest BCUT2D eigenvalue weighted by atomic mass is 9.88. The molecule has 0 radical (unpaired) electrons. The van der Waals surface area contributed by atoms with Crippen molar-refractivity contribution in [3.63, 3.8) is 0 Å². The molecule has 1 heterocycles. The van der Waals surface area contributed by atoms with Crippen LogP contribution in [0.25, 0.3) is 0 Å². The predicted octanol–water partition coefficient (Wildman–Crippen LogP) is 3.02. The lowest BCUT2D eigenvalue weighted by molar-refractivity contribution is 0.154. The zero-order valence-corrected chi connectivity index (χ0v) is 13.3. The lowest BCUT2D eigenvalue weighted by Gasteiger charge is -2.37. The summed E-state index contributed by atoms with van der Waals surface area (Å²) in [5.74, 6) is 1.73. The van der Waals surface area contributed by atoms with Crippen molar-refractivity contribution in [2.75, 3.05) is 27.2 Å². The minimum Gasteiger partial charge on any atom is -0.493 e. The van der Waals surface area contributed by atoms with Crippen LogP contribution in [0.4, 0.5) is 0 Å². The van der Waals surface area contributed by atoms with Gasteiger partial charge in [0.25, 0.3) is 0 Å². The van der Waals surface area contributed by atoms with E-state index in [4.69, 9.17) is 4.74 Å². The SMILES string of the molecule is CNC1CCC(N(C)CC2CCOc3ccccc32)CC1. The molecular formula is C18H28N2O. The molecule has 116 valence electrons. The van der Waals surface area contributed by atoms with E-state index in [9.17, 15) is 0 Å². The molecule has 3 nitrogen and oxygen atoms in total. The van der Waals surface area contributed by atoms with E-state index in [-0.39, 0.29) is 0 Å². The molecule has 1 saturated carbocycles. The van der Waals surface area contributed by atoms with Gasteiger partial charge in [-0.3, -0.25) is 0 Å². The largest absolute Gasteiger partial charge is 0.493 e. The molecule has 1 fully saturated rings. The first-order valence-corrected chi connectivity index (χ1v) is 8.37. The average molecular weight is 288 g/mol. The Morgan fingerprint density at radius 1 is 1.14 bits per heavy atom. The third-order valence-electron chi connectivity index (χ3n) is 5.32. The van der Waals surface area contributed by atoms with Gasteiger partial charge in [-0.05, 0) is 57.8 Å². The third-order valence-corrected chi connectivity index (χ3v) is 5.32. The van der Waals surface area contributed by atoms with E-state index < -0.39 is 0 Å². The molecule has 1 N–H and O–H groups in total.